The zero-order valence-corrected chi connectivity index (χ0v) is 8.24. The summed E-state index contributed by atoms with van der Waals surface area (Å²) in [6.45, 7) is 4.08. The largest absolute Gasteiger partial charge is 0.296 e. The number of hydrogen-bond acceptors (Lipinski definition) is 2. The summed E-state index contributed by atoms with van der Waals surface area (Å²) in [5.74, 6) is 0. The number of carbonyl (C=O) groups excluding carboxylic acids is 1. The summed E-state index contributed by atoms with van der Waals surface area (Å²) >= 11 is 0. The SMILES string of the molecule is Cc1cc(C)c2ccc(C=O)nc2c1. The van der Waals surface area contributed by atoms with Crippen molar-refractivity contribution in [2.24, 2.45) is 0 Å². The molecule has 2 aromatic rings. The average Bonchev–Trinajstić information content (AvgIpc) is 2.16. The minimum absolute atomic E-state index is 0.488. The van der Waals surface area contributed by atoms with Crippen LogP contribution in [0.25, 0.3) is 10.9 Å². The molecule has 2 nitrogen and oxygen atoms in total. The third kappa shape index (κ3) is 1.39. The van der Waals surface area contributed by atoms with E-state index in [0.717, 1.165) is 17.2 Å². The zero-order valence-electron chi connectivity index (χ0n) is 8.24. The van der Waals surface area contributed by atoms with E-state index >= 15 is 0 Å². The van der Waals surface area contributed by atoms with E-state index in [4.69, 9.17) is 0 Å². The first-order valence-electron chi connectivity index (χ1n) is 4.54. The Balaban J connectivity index is 2.81. The van der Waals surface area contributed by atoms with Gasteiger partial charge in [-0.05, 0) is 37.1 Å². The van der Waals surface area contributed by atoms with Gasteiger partial charge in [0.15, 0.2) is 6.29 Å². The van der Waals surface area contributed by atoms with Crippen LogP contribution in [0.1, 0.15) is 21.6 Å². The fourth-order valence-corrected chi connectivity index (χ4v) is 1.68. The van der Waals surface area contributed by atoms with Gasteiger partial charge in [-0.1, -0.05) is 12.1 Å². The Morgan fingerprint density at radius 3 is 2.71 bits per heavy atom. The number of fused-ring (bicyclic) bond motifs is 1. The zero-order chi connectivity index (χ0) is 10.1. The van der Waals surface area contributed by atoms with Crippen molar-refractivity contribution in [3.05, 3.63) is 41.1 Å². The Labute approximate surface area is 82.6 Å². The predicted molar refractivity (Wildman–Crippen MR) is 56.6 cm³/mol. The number of rotatable bonds is 1. The highest BCUT2D eigenvalue weighted by Gasteiger charge is 2.00. The van der Waals surface area contributed by atoms with E-state index < -0.39 is 0 Å². The molecule has 0 saturated heterocycles. The van der Waals surface area contributed by atoms with Gasteiger partial charge in [-0.2, -0.15) is 0 Å². The summed E-state index contributed by atoms with van der Waals surface area (Å²) < 4.78 is 0. The third-order valence-electron chi connectivity index (χ3n) is 2.30. The topological polar surface area (TPSA) is 30.0 Å². The van der Waals surface area contributed by atoms with Crippen LogP contribution in [0, 0.1) is 13.8 Å². The molecule has 1 heterocycles. The smallest absolute Gasteiger partial charge is 0.168 e. The highest BCUT2D eigenvalue weighted by molar-refractivity contribution is 5.86. The molecule has 0 spiro atoms. The fourth-order valence-electron chi connectivity index (χ4n) is 1.68. The lowest BCUT2D eigenvalue weighted by atomic mass is 10.1. The third-order valence-corrected chi connectivity index (χ3v) is 2.30. The lowest BCUT2D eigenvalue weighted by molar-refractivity contribution is 0.111. The fraction of sp³-hybridized carbons (Fsp3) is 0.167. The summed E-state index contributed by atoms with van der Waals surface area (Å²) in [4.78, 5) is 14.8. The molecule has 0 aliphatic carbocycles. The molecule has 0 aliphatic rings. The van der Waals surface area contributed by atoms with E-state index in [-0.39, 0.29) is 0 Å². The molecule has 1 aromatic heterocycles. The molecule has 0 radical (unpaired) electrons. The van der Waals surface area contributed by atoms with Crippen molar-refractivity contribution in [3.8, 4) is 0 Å². The second-order valence-electron chi connectivity index (χ2n) is 3.50. The van der Waals surface area contributed by atoms with Crippen molar-refractivity contribution in [3.63, 3.8) is 0 Å². The molecular weight excluding hydrogens is 174 g/mol. The average molecular weight is 185 g/mol. The lowest BCUT2D eigenvalue weighted by Gasteiger charge is -2.03. The van der Waals surface area contributed by atoms with E-state index in [0.29, 0.717) is 5.69 Å². The number of aryl methyl sites for hydroxylation is 2. The van der Waals surface area contributed by atoms with Gasteiger partial charge in [-0.3, -0.25) is 4.79 Å². The molecule has 0 bridgehead atoms. The second-order valence-corrected chi connectivity index (χ2v) is 3.50. The van der Waals surface area contributed by atoms with Crippen LogP contribution in [0.4, 0.5) is 0 Å². The predicted octanol–water partition coefficient (Wildman–Crippen LogP) is 2.66. The van der Waals surface area contributed by atoms with Gasteiger partial charge in [0.05, 0.1) is 5.52 Å². The molecule has 2 rings (SSSR count). The molecule has 0 aliphatic heterocycles. The van der Waals surface area contributed by atoms with Gasteiger partial charge in [0, 0.05) is 5.39 Å². The van der Waals surface area contributed by atoms with Gasteiger partial charge < -0.3 is 0 Å². The molecular formula is C12H11NO. The second kappa shape index (κ2) is 3.22. The Kier molecular flexibility index (Phi) is 2.04. The van der Waals surface area contributed by atoms with Crippen molar-refractivity contribution >= 4 is 17.2 Å². The number of nitrogens with zero attached hydrogens (tertiary/aromatic N) is 1. The van der Waals surface area contributed by atoms with E-state index in [1.165, 1.54) is 11.1 Å². The molecule has 0 atom stereocenters. The molecule has 14 heavy (non-hydrogen) atoms. The Hall–Kier alpha value is -1.70. The molecule has 0 unspecified atom stereocenters. The summed E-state index contributed by atoms with van der Waals surface area (Å²) in [6, 6.07) is 7.80. The number of carbonyl (C=O) groups is 1. The summed E-state index contributed by atoms with van der Waals surface area (Å²) in [6.07, 6.45) is 0.775. The minimum atomic E-state index is 0.488. The first-order valence-corrected chi connectivity index (χ1v) is 4.54. The van der Waals surface area contributed by atoms with Gasteiger partial charge in [0.2, 0.25) is 0 Å². The van der Waals surface area contributed by atoms with Crippen molar-refractivity contribution in [2.45, 2.75) is 13.8 Å². The Morgan fingerprint density at radius 2 is 2.00 bits per heavy atom. The highest BCUT2D eigenvalue weighted by atomic mass is 16.1. The Morgan fingerprint density at radius 1 is 1.21 bits per heavy atom. The van der Waals surface area contributed by atoms with Gasteiger partial charge in [-0.25, -0.2) is 4.98 Å². The molecule has 0 saturated carbocycles. The van der Waals surface area contributed by atoms with Crippen molar-refractivity contribution in [1.82, 2.24) is 4.98 Å². The molecule has 2 heteroatoms. The van der Waals surface area contributed by atoms with Crippen LogP contribution in [0.2, 0.25) is 0 Å². The van der Waals surface area contributed by atoms with Gasteiger partial charge in [0.25, 0.3) is 0 Å². The molecule has 0 amide bonds. The highest BCUT2D eigenvalue weighted by Crippen LogP contribution is 2.18. The first-order chi connectivity index (χ1) is 6.70. The number of aromatic nitrogens is 1. The van der Waals surface area contributed by atoms with Gasteiger partial charge in [-0.15, -0.1) is 0 Å². The number of hydrogen-bond donors (Lipinski definition) is 0. The van der Waals surface area contributed by atoms with Gasteiger partial charge in [0.1, 0.15) is 5.69 Å². The summed E-state index contributed by atoms with van der Waals surface area (Å²) in [7, 11) is 0. The van der Waals surface area contributed by atoms with Crippen LogP contribution >= 0.6 is 0 Å². The van der Waals surface area contributed by atoms with Crippen LogP contribution in [-0.2, 0) is 0 Å². The maximum atomic E-state index is 10.6. The molecule has 0 fully saturated rings. The van der Waals surface area contributed by atoms with Crippen LogP contribution in [-0.4, -0.2) is 11.3 Å². The van der Waals surface area contributed by atoms with Crippen molar-refractivity contribution in [2.75, 3.05) is 0 Å². The van der Waals surface area contributed by atoms with Crippen LogP contribution in [0.3, 0.4) is 0 Å². The first kappa shape index (κ1) is 8.88. The maximum Gasteiger partial charge on any atom is 0.168 e. The quantitative estimate of drug-likeness (QED) is 0.639. The number of pyridine rings is 1. The van der Waals surface area contributed by atoms with Gasteiger partial charge >= 0.3 is 0 Å². The number of benzene rings is 1. The number of aldehydes is 1. The van der Waals surface area contributed by atoms with Crippen LogP contribution < -0.4 is 0 Å². The molecule has 1 aromatic carbocycles. The molecule has 70 valence electrons. The van der Waals surface area contributed by atoms with Crippen LogP contribution in [0.5, 0.6) is 0 Å². The monoisotopic (exact) mass is 185 g/mol. The normalized spacial score (nSPS) is 10.4. The standard InChI is InChI=1S/C12H11NO/c1-8-5-9(2)11-4-3-10(7-14)13-12(11)6-8/h3-7H,1-2H3. The Bertz CT molecular complexity index is 503. The van der Waals surface area contributed by atoms with E-state index in [9.17, 15) is 4.79 Å². The van der Waals surface area contributed by atoms with Crippen molar-refractivity contribution in [1.29, 1.82) is 0 Å². The van der Waals surface area contributed by atoms with E-state index in [1.807, 2.05) is 19.1 Å². The van der Waals surface area contributed by atoms with E-state index in [1.54, 1.807) is 6.07 Å². The van der Waals surface area contributed by atoms with E-state index in [2.05, 4.69) is 18.0 Å². The van der Waals surface area contributed by atoms with Crippen molar-refractivity contribution < 1.29 is 4.79 Å². The minimum Gasteiger partial charge on any atom is -0.296 e. The summed E-state index contributed by atoms with van der Waals surface area (Å²) in [5.41, 5.74) is 3.75. The lowest BCUT2D eigenvalue weighted by Crippen LogP contribution is -1.89. The summed E-state index contributed by atoms with van der Waals surface area (Å²) in [5, 5.41) is 1.11. The molecule has 0 N–H and O–H groups in total. The maximum absolute atomic E-state index is 10.6. The van der Waals surface area contributed by atoms with Crippen LogP contribution in [0.15, 0.2) is 24.3 Å².